The Bertz CT molecular complexity index is 210. The second-order valence-corrected chi connectivity index (χ2v) is 4.65. The van der Waals surface area contributed by atoms with E-state index < -0.39 is 5.97 Å². The Labute approximate surface area is 78.8 Å². The standard InChI is InChI=1S/C10H18O3/c1-6-8(11)5-4-7(9(12)13)10(6,2)3/h6-8,11H,4-5H2,1-3H3,(H,12,13)/t6-,7-,8-/m0/s1. The summed E-state index contributed by atoms with van der Waals surface area (Å²) in [4.78, 5) is 10.9. The van der Waals surface area contributed by atoms with Crippen LogP contribution >= 0.6 is 0 Å². The quantitative estimate of drug-likeness (QED) is 0.652. The summed E-state index contributed by atoms with van der Waals surface area (Å²) in [5, 5.41) is 18.6. The van der Waals surface area contributed by atoms with Crippen LogP contribution in [-0.4, -0.2) is 22.3 Å². The summed E-state index contributed by atoms with van der Waals surface area (Å²) in [5.74, 6) is -0.989. The molecule has 0 radical (unpaired) electrons. The number of carboxylic acids is 1. The van der Waals surface area contributed by atoms with Crippen LogP contribution in [0.4, 0.5) is 0 Å². The first-order chi connectivity index (χ1) is 5.87. The minimum atomic E-state index is -0.733. The van der Waals surface area contributed by atoms with Crippen LogP contribution in [-0.2, 0) is 4.79 Å². The Balaban J connectivity index is 2.85. The van der Waals surface area contributed by atoms with Gasteiger partial charge in [-0.2, -0.15) is 0 Å². The van der Waals surface area contributed by atoms with Gasteiger partial charge in [0.2, 0.25) is 0 Å². The molecule has 0 aromatic heterocycles. The highest BCUT2D eigenvalue weighted by Crippen LogP contribution is 2.44. The van der Waals surface area contributed by atoms with Crippen molar-refractivity contribution in [2.75, 3.05) is 0 Å². The van der Waals surface area contributed by atoms with Crippen molar-refractivity contribution < 1.29 is 15.0 Å². The molecule has 3 heteroatoms. The molecule has 0 spiro atoms. The van der Waals surface area contributed by atoms with E-state index in [-0.39, 0.29) is 23.4 Å². The van der Waals surface area contributed by atoms with Crippen molar-refractivity contribution in [3.63, 3.8) is 0 Å². The van der Waals surface area contributed by atoms with Crippen molar-refractivity contribution in [1.29, 1.82) is 0 Å². The zero-order valence-corrected chi connectivity index (χ0v) is 8.45. The number of carbonyl (C=O) groups is 1. The van der Waals surface area contributed by atoms with Crippen molar-refractivity contribution in [1.82, 2.24) is 0 Å². The van der Waals surface area contributed by atoms with Gasteiger partial charge in [-0.3, -0.25) is 4.79 Å². The van der Waals surface area contributed by atoms with E-state index >= 15 is 0 Å². The smallest absolute Gasteiger partial charge is 0.307 e. The average molecular weight is 186 g/mol. The van der Waals surface area contributed by atoms with E-state index in [1.165, 1.54) is 0 Å². The van der Waals surface area contributed by atoms with Crippen molar-refractivity contribution in [3.8, 4) is 0 Å². The van der Waals surface area contributed by atoms with Crippen LogP contribution < -0.4 is 0 Å². The van der Waals surface area contributed by atoms with Gasteiger partial charge in [0.05, 0.1) is 12.0 Å². The molecule has 13 heavy (non-hydrogen) atoms. The van der Waals surface area contributed by atoms with Crippen LogP contribution in [0.5, 0.6) is 0 Å². The second-order valence-electron chi connectivity index (χ2n) is 4.65. The minimum Gasteiger partial charge on any atom is -0.481 e. The fourth-order valence-corrected chi connectivity index (χ4v) is 2.21. The first kappa shape index (κ1) is 10.5. The third-order valence-corrected chi connectivity index (χ3v) is 3.70. The Morgan fingerprint density at radius 3 is 2.38 bits per heavy atom. The first-order valence-corrected chi connectivity index (χ1v) is 4.78. The Morgan fingerprint density at radius 2 is 1.92 bits per heavy atom. The normalized spacial score (nSPS) is 38.6. The van der Waals surface area contributed by atoms with Gasteiger partial charge in [-0.15, -0.1) is 0 Å². The van der Waals surface area contributed by atoms with E-state index in [1.54, 1.807) is 0 Å². The summed E-state index contributed by atoms with van der Waals surface area (Å²) >= 11 is 0. The van der Waals surface area contributed by atoms with E-state index in [0.717, 1.165) is 0 Å². The Morgan fingerprint density at radius 1 is 1.38 bits per heavy atom. The zero-order chi connectivity index (χ0) is 10.2. The van der Waals surface area contributed by atoms with Gasteiger partial charge in [0.25, 0.3) is 0 Å². The maximum atomic E-state index is 10.9. The molecule has 2 N–H and O–H groups in total. The van der Waals surface area contributed by atoms with Crippen molar-refractivity contribution in [2.45, 2.75) is 39.7 Å². The number of hydrogen-bond acceptors (Lipinski definition) is 2. The minimum absolute atomic E-state index is 0.0577. The highest BCUT2D eigenvalue weighted by molar-refractivity contribution is 5.71. The van der Waals surface area contributed by atoms with Crippen LogP contribution in [0.25, 0.3) is 0 Å². The number of aliphatic hydroxyl groups is 1. The molecule has 0 aromatic carbocycles. The van der Waals surface area contributed by atoms with Crippen LogP contribution in [0.2, 0.25) is 0 Å². The fourth-order valence-electron chi connectivity index (χ4n) is 2.21. The van der Waals surface area contributed by atoms with Gasteiger partial charge >= 0.3 is 5.97 Å². The summed E-state index contributed by atoms with van der Waals surface area (Å²) in [5.41, 5.74) is -0.302. The summed E-state index contributed by atoms with van der Waals surface area (Å²) in [6, 6.07) is 0. The van der Waals surface area contributed by atoms with Gasteiger partial charge in [-0.05, 0) is 24.2 Å². The summed E-state index contributed by atoms with van der Waals surface area (Å²) in [7, 11) is 0. The molecule has 0 bridgehead atoms. The lowest BCUT2D eigenvalue weighted by molar-refractivity contribution is -0.153. The molecule has 76 valence electrons. The van der Waals surface area contributed by atoms with Crippen molar-refractivity contribution >= 4 is 5.97 Å². The number of aliphatic carboxylic acids is 1. The molecule has 0 saturated heterocycles. The van der Waals surface area contributed by atoms with Crippen molar-refractivity contribution in [2.24, 2.45) is 17.3 Å². The SMILES string of the molecule is C[C@H]1[C@@H](O)CC[C@@H](C(=O)O)C1(C)C. The number of rotatable bonds is 1. The maximum Gasteiger partial charge on any atom is 0.307 e. The van der Waals surface area contributed by atoms with Crippen LogP contribution in [0.1, 0.15) is 33.6 Å². The number of hydrogen-bond donors (Lipinski definition) is 2. The lowest BCUT2D eigenvalue weighted by Crippen LogP contribution is -2.45. The largest absolute Gasteiger partial charge is 0.481 e. The second kappa shape index (κ2) is 3.29. The van der Waals surface area contributed by atoms with Gasteiger partial charge in [0.15, 0.2) is 0 Å². The number of carboxylic acid groups (broad SMARTS) is 1. The van der Waals surface area contributed by atoms with Crippen molar-refractivity contribution in [3.05, 3.63) is 0 Å². The van der Waals surface area contributed by atoms with Crippen LogP contribution in [0.3, 0.4) is 0 Å². The first-order valence-electron chi connectivity index (χ1n) is 4.78. The molecule has 0 unspecified atom stereocenters. The molecule has 1 saturated carbocycles. The van der Waals surface area contributed by atoms with E-state index in [1.807, 2.05) is 20.8 Å². The van der Waals surface area contributed by atoms with Crippen LogP contribution in [0, 0.1) is 17.3 Å². The molecule has 0 aromatic rings. The third kappa shape index (κ3) is 1.70. The molecule has 0 heterocycles. The molecule has 1 aliphatic carbocycles. The van der Waals surface area contributed by atoms with E-state index in [9.17, 15) is 9.90 Å². The molecule has 1 fully saturated rings. The summed E-state index contributed by atoms with van der Waals surface area (Å²) < 4.78 is 0. The lowest BCUT2D eigenvalue weighted by Gasteiger charge is -2.44. The van der Waals surface area contributed by atoms with Crippen LogP contribution in [0.15, 0.2) is 0 Å². The molecule has 3 nitrogen and oxygen atoms in total. The monoisotopic (exact) mass is 186 g/mol. The van der Waals surface area contributed by atoms with Gasteiger partial charge in [-0.1, -0.05) is 20.8 Å². The topological polar surface area (TPSA) is 57.5 Å². The molecular weight excluding hydrogens is 168 g/mol. The molecule has 1 rings (SSSR count). The van der Waals surface area contributed by atoms with Gasteiger partial charge < -0.3 is 10.2 Å². The molecule has 3 atom stereocenters. The average Bonchev–Trinajstić information content (AvgIpc) is 1.99. The third-order valence-electron chi connectivity index (χ3n) is 3.70. The Hall–Kier alpha value is -0.570. The molecule has 0 amide bonds. The predicted octanol–water partition coefficient (Wildman–Crippen LogP) is 1.50. The summed E-state index contributed by atoms with van der Waals surface area (Å²) in [6.45, 7) is 5.79. The molecule has 0 aliphatic heterocycles. The Kier molecular flexibility index (Phi) is 2.66. The van der Waals surface area contributed by atoms with E-state index in [2.05, 4.69) is 0 Å². The highest BCUT2D eigenvalue weighted by Gasteiger charge is 2.45. The lowest BCUT2D eigenvalue weighted by atomic mass is 9.62. The highest BCUT2D eigenvalue weighted by atomic mass is 16.4. The fraction of sp³-hybridized carbons (Fsp3) is 0.900. The maximum absolute atomic E-state index is 10.9. The zero-order valence-electron chi connectivity index (χ0n) is 8.45. The van der Waals surface area contributed by atoms with Gasteiger partial charge in [0.1, 0.15) is 0 Å². The van der Waals surface area contributed by atoms with Gasteiger partial charge in [-0.25, -0.2) is 0 Å². The molecule has 1 aliphatic rings. The summed E-state index contributed by atoms with van der Waals surface area (Å²) in [6.07, 6.45) is 0.862. The van der Waals surface area contributed by atoms with Gasteiger partial charge in [0, 0.05) is 0 Å². The number of aliphatic hydroxyl groups excluding tert-OH is 1. The molecular formula is C10H18O3. The van der Waals surface area contributed by atoms with E-state index in [4.69, 9.17) is 5.11 Å². The predicted molar refractivity (Wildman–Crippen MR) is 49.3 cm³/mol. The van der Waals surface area contributed by atoms with E-state index in [0.29, 0.717) is 12.8 Å².